The second-order valence-electron chi connectivity index (χ2n) is 2.77. The third-order valence-corrected chi connectivity index (χ3v) is 2.37. The van der Waals surface area contributed by atoms with Crippen LogP contribution >= 0.6 is 15.9 Å². The molecule has 0 aliphatic carbocycles. The van der Waals surface area contributed by atoms with Crippen molar-refractivity contribution in [2.45, 2.75) is 37.1 Å². The summed E-state index contributed by atoms with van der Waals surface area (Å²) in [6.07, 6.45) is 0.148. The quantitative estimate of drug-likeness (QED) is 0.710. The zero-order valence-corrected chi connectivity index (χ0v) is 8.26. The van der Waals surface area contributed by atoms with Gasteiger partial charge in [0.2, 0.25) is 0 Å². The van der Waals surface area contributed by atoms with Gasteiger partial charge in [0, 0.05) is 0 Å². The van der Waals surface area contributed by atoms with E-state index in [1.54, 1.807) is 6.92 Å². The number of carbonyl (C=O) groups is 1. The molecule has 0 spiro atoms. The molecule has 0 rings (SSSR count). The third kappa shape index (κ3) is 3.20. The Kier molecular flexibility index (Phi) is 4.03. The summed E-state index contributed by atoms with van der Waals surface area (Å²) in [6.45, 7) is 3.61. The second kappa shape index (κ2) is 4.07. The highest BCUT2D eigenvalue weighted by atomic mass is 79.9. The van der Waals surface area contributed by atoms with E-state index < -0.39 is 16.4 Å². The predicted octanol–water partition coefficient (Wildman–Crippen LogP) is 1.39. The molecule has 0 saturated carbocycles. The first-order valence-electron chi connectivity index (χ1n) is 3.51. The van der Waals surface area contributed by atoms with Gasteiger partial charge in [-0.1, -0.05) is 29.3 Å². The van der Waals surface area contributed by atoms with Crippen LogP contribution in [0.4, 0.5) is 0 Å². The molecule has 0 amide bonds. The number of hydrogen-bond donors (Lipinski definition) is 2. The molecule has 0 aromatic carbocycles. The molecule has 4 heteroatoms. The number of halogens is 1. The summed E-state index contributed by atoms with van der Waals surface area (Å²) < 4.78 is -0.701. The van der Waals surface area contributed by atoms with Crippen molar-refractivity contribution in [3.8, 4) is 0 Å². The van der Waals surface area contributed by atoms with Crippen LogP contribution in [0.1, 0.15) is 26.7 Å². The molecular formula is C7H13BrO3. The fourth-order valence-electron chi connectivity index (χ4n) is 0.883. The minimum atomic E-state index is -1.33. The maximum Gasteiger partial charge on any atom is 0.333 e. The molecule has 11 heavy (non-hydrogen) atoms. The fraction of sp³-hybridized carbons (Fsp3) is 0.857. The van der Waals surface area contributed by atoms with E-state index in [4.69, 9.17) is 10.2 Å². The van der Waals surface area contributed by atoms with Gasteiger partial charge < -0.3 is 10.2 Å². The van der Waals surface area contributed by atoms with E-state index >= 15 is 0 Å². The molecule has 0 heterocycles. The van der Waals surface area contributed by atoms with Crippen LogP contribution < -0.4 is 0 Å². The van der Waals surface area contributed by atoms with E-state index in [0.717, 1.165) is 6.42 Å². The van der Waals surface area contributed by atoms with Crippen LogP contribution in [-0.4, -0.2) is 26.6 Å². The van der Waals surface area contributed by atoms with Crippen molar-refractivity contribution in [1.82, 2.24) is 0 Å². The predicted molar refractivity (Wildman–Crippen MR) is 45.9 cm³/mol. The highest BCUT2D eigenvalue weighted by Crippen LogP contribution is 2.27. The minimum Gasteiger partial charge on any atom is -0.479 e. The van der Waals surface area contributed by atoms with Gasteiger partial charge in [-0.2, -0.15) is 0 Å². The van der Waals surface area contributed by atoms with Crippen molar-refractivity contribution >= 4 is 21.9 Å². The number of hydrogen-bond acceptors (Lipinski definition) is 2. The van der Waals surface area contributed by atoms with E-state index in [1.807, 2.05) is 6.92 Å². The minimum absolute atomic E-state index is 0.639. The number of aliphatic hydroxyl groups excluding tert-OH is 1. The molecule has 66 valence electrons. The van der Waals surface area contributed by atoms with Crippen molar-refractivity contribution in [2.75, 3.05) is 0 Å². The van der Waals surface area contributed by atoms with Gasteiger partial charge in [-0.25, -0.2) is 4.79 Å². The smallest absolute Gasteiger partial charge is 0.333 e. The summed E-state index contributed by atoms with van der Waals surface area (Å²) >= 11 is 3.18. The zero-order valence-electron chi connectivity index (χ0n) is 6.67. The molecule has 2 atom stereocenters. The third-order valence-electron chi connectivity index (χ3n) is 1.54. The molecule has 3 nitrogen and oxygen atoms in total. The Morgan fingerprint density at radius 2 is 2.18 bits per heavy atom. The van der Waals surface area contributed by atoms with E-state index in [9.17, 15) is 4.79 Å². The Labute approximate surface area is 74.5 Å². The van der Waals surface area contributed by atoms with Crippen LogP contribution in [0, 0.1) is 0 Å². The standard InChI is InChI=1S/C7H13BrO3/c1-3-4-7(2,8)5(9)6(10)11/h5,9H,3-4H2,1-2H3,(H,10,11)/t5-,7-/m0/s1. The maximum absolute atomic E-state index is 10.3. The van der Waals surface area contributed by atoms with Crippen LogP contribution in [0.3, 0.4) is 0 Å². The molecule has 0 bridgehead atoms. The van der Waals surface area contributed by atoms with Crippen LogP contribution in [0.2, 0.25) is 0 Å². The Morgan fingerprint density at radius 1 is 1.73 bits per heavy atom. The highest BCUT2D eigenvalue weighted by Gasteiger charge is 2.34. The molecule has 0 aromatic rings. The summed E-state index contributed by atoms with van der Waals surface area (Å²) in [5, 5.41) is 17.6. The number of carboxylic acids is 1. The number of alkyl halides is 1. The van der Waals surface area contributed by atoms with E-state index in [-0.39, 0.29) is 0 Å². The Hall–Kier alpha value is -0.0900. The van der Waals surface area contributed by atoms with Gasteiger partial charge in [0.05, 0.1) is 4.32 Å². The summed E-state index contributed by atoms with van der Waals surface area (Å²) in [7, 11) is 0. The molecule has 0 aliphatic heterocycles. The van der Waals surface area contributed by atoms with Crippen molar-refractivity contribution < 1.29 is 15.0 Å². The van der Waals surface area contributed by atoms with Gasteiger partial charge in [0.15, 0.2) is 6.10 Å². The van der Waals surface area contributed by atoms with Crippen molar-refractivity contribution in [2.24, 2.45) is 0 Å². The summed E-state index contributed by atoms with van der Waals surface area (Å²) in [5.74, 6) is -1.18. The fourth-order valence-corrected chi connectivity index (χ4v) is 1.48. The molecule has 0 unspecified atom stereocenters. The number of aliphatic hydroxyl groups is 1. The van der Waals surface area contributed by atoms with Gasteiger partial charge in [0.25, 0.3) is 0 Å². The first kappa shape index (κ1) is 10.9. The maximum atomic E-state index is 10.3. The van der Waals surface area contributed by atoms with Gasteiger partial charge in [0.1, 0.15) is 0 Å². The average Bonchev–Trinajstić information content (AvgIpc) is 1.86. The van der Waals surface area contributed by atoms with Gasteiger partial charge in [-0.05, 0) is 13.3 Å². The van der Waals surface area contributed by atoms with Crippen molar-refractivity contribution in [3.63, 3.8) is 0 Å². The number of carboxylic acid groups (broad SMARTS) is 1. The largest absolute Gasteiger partial charge is 0.479 e. The average molecular weight is 225 g/mol. The Bertz CT molecular complexity index is 145. The lowest BCUT2D eigenvalue weighted by atomic mass is 9.99. The molecule has 0 aliphatic rings. The van der Waals surface area contributed by atoms with Gasteiger partial charge in [-0.15, -0.1) is 0 Å². The number of aliphatic carboxylic acids is 1. The molecule has 0 radical (unpaired) electrons. The Balaban J connectivity index is 4.16. The van der Waals surface area contributed by atoms with Gasteiger partial charge in [-0.3, -0.25) is 0 Å². The molecule has 2 N–H and O–H groups in total. The lowest BCUT2D eigenvalue weighted by molar-refractivity contribution is -0.148. The van der Waals surface area contributed by atoms with Crippen LogP contribution in [0.5, 0.6) is 0 Å². The lowest BCUT2D eigenvalue weighted by Crippen LogP contribution is -2.39. The van der Waals surface area contributed by atoms with Gasteiger partial charge >= 0.3 is 5.97 Å². The molecule has 0 saturated heterocycles. The van der Waals surface area contributed by atoms with Crippen LogP contribution in [-0.2, 0) is 4.79 Å². The normalized spacial score (nSPS) is 18.9. The summed E-state index contributed by atoms with van der Waals surface area (Å²) in [6, 6.07) is 0. The summed E-state index contributed by atoms with van der Waals surface area (Å²) in [4.78, 5) is 10.3. The molecular weight excluding hydrogens is 212 g/mol. The van der Waals surface area contributed by atoms with Crippen molar-refractivity contribution in [1.29, 1.82) is 0 Å². The monoisotopic (exact) mass is 224 g/mol. The lowest BCUT2D eigenvalue weighted by Gasteiger charge is -2.24. The molecule has 0 aromatic heterocycles. The number of rotatable bonds is 4. The van der Waals surface area contributed by atoms with Crippen LogP contribution in [0.25, 0.3) is 0 Å². The Morgan fingerprint density at radius 3 is 2.45 bits per heavy atom. The first-order valence-corrected chi connectivity index (χ1v) is 4.31. The zero-order chi connectivity index (χ0) is 9.07. The van der Waals surface area contributed by atoms with Crippen LogP contribution in [0.15, 0.2) is 0 Å². The van der Waals surface area contributed by atoms with Crippen molar-refractivity contribution in [3.05, 3.63) is 0 Å². The van der Waals surface area contributed by atoms with E-state index in [2.05, 4.69) is 15.9 Å². The molecule has 0 fully saturated rings. The van der Waals surface area contributed by atoms with E-state index in [0.29, 0.717) is 6.42 Å². The second-order valence-corrected chi connectivity index (χ2v) is 4.58. The first-order chi connectivity index (χ1) is 4.91. The highest BCUT2D eigenvalue weighted by molar-refractivity contribution is 9.10. The summed E-state index contributed by atoms with van der Waals surface area (Å²) in [5.41, 5.74) is 0. The van der Waals surface area contributed by atoms with E-state index in [1.165, 1.54) is 0 Å². The topological polar surface area (TPSA) is 57.5 Å². The SMILES string of the molecule is CCC[C@](C)(Br)[C@@H](O)C(=O)O.